The van der Waals surface area contributed by atoms with Crippen molar-refractivity contribution in [2.45, 2.75) is 12.5 Å². The highest BCUT2D eigenvalue weighted by Crippen LogP contribution is 2.31. The lowest BCUT2D eigenvalue weighted by molar-refractivity contribution is 0.553. The highest BCUT2D eigenvalue weighted by atomic mass is 32.1. The number of hydrogen-bond donors (Lipinski definition) is 1. The van der Waals surface area contributed by atoms with Gasteiger partial charge in [-0.2, -0.15) is 15.0 Å². The molecule has 2 aromatic rings. The molecule has 1 N–H and O–H groups in total. The Kier molecular flexibility index (Phi) is 2.07. The fraction of sp³-hybridized carbons (Fsp3) is 0.400. The number of hydrogen-bond acceptors (Lipinski definition) is 4. The van der Waals surface area contributed by atoms with E-state index in [1.165, 1.54) is 10.4 Å². The van der Waals surface area contributed by atoms with Crippen molar-refractivity contribution in [2.75, 3.05) is 6.54 Å². The first-order chi connectivity index (χ1) is 7.34. The second-order valence-corrected chi connectivity index (χ2v) is 4.65. The summed E-state index contributed by atoms with van der Waals surface area (Å²) in [6.45, 7) is 1.02. The van der Waals surface area contributed by atoms with Crippen LogP contribution in [-0.2, 0) is 13.5 Å². The van der Waals surface area contributed by atoms with E-state index in [1.54, 1.807) is 16.1 Å². The smallest absolute Gasteiger partial charge is 0.105 e. The zero-order valence-electron chi connectivity index (χ0n) is 8.47. The molecule has 15 heavy (non-hydrogen) atoms. The number of aryl methyl sites for hydroxylation is 1. The van der Waals surface area contributed by atoms with E-state index in [0.29, 0.717) is 0 Å². The average Bonchev–Trinajstić information content (AvgIpc) is 2.84. The van der Waals surface area contributed by atoms with Crippen molar-refractivity contribution >= 4 is 11.3 Å². The zero-order chi connectivity index (χ0) is 10.3. The standard InChI is InChI=1S/C10H12N4S/c1-14-12-6-8(13-14)9-10-7(2-4-11-9)3-5-15-10/h3,5-6,9,11H,2,4H2,1H3. The Morgan fingerprint density at radius 1 is 1.60 bits per heavy atom. The van der Waals surface area contributed by atoms with Crippen LogP contribution in [0, 0.1) is 0 Å². The summed E-state index contributed by atoms with van der Waals surface area (Å²) in [6.07, 6.45) is 2.96. The summed E-state index contributed by atoms with van der Waals surface area (Å²) < 4.78 is 0. The van der Waals surface area contributed by atoms with Gasteiger partial charge in [0, 0.05) is 18.5 Å². The quantitative estimate of drug-likeness (QED) is 0.783. The molecule has 1 aliphatic heterocycles. The molecule has 1 unspecified atom stereocenters. The summed E-state index contributed by atoms with van der Waals surface area (Å²) >= 11 is 1.80. The van der Waals surface area contributed by atoms with Gasteiger partial charge in [0.15, 0.2) is 0 Å². The third-order valence-electron chi connectivity index (χ3n) is 2.70. The second kappa shape index (κ2) is 3.43. The molecule has 0 spiro atoms. The minimum Gasteiger partial charge on any atom is -0.304 e. The van der Waals surface area contributed by atoms with Gasteiger partial charge in [-0.25, -0.2) is 0 Å². The molecular formula is C10H12N4S. The zero-order valence-corrected chi connectivity index (χ0v) is 9.29. The largest absolute Gasteiger partial charge is 0.304 e. The third kappa shape index (κ3) is 1.48. The predicted octanol–water partition coefficient (Wildman–Crippen LogP) is 1.11. The molecule has 3 heterocycles. The van der Waals surface area contributed by atoms with Crippen LogP contribution in [0.4, 0.5) is 0 Å². The highest BCUT2D eigenvalue weighted by Gasteiger charge is 2.24. The van der Waals surface area contributed by atoms with Crippen LogP contribution in [0.15, 0.2) is 17.6 Å². The maximum absolute atomic E-state index is 4.36. The van der Waals surface area contributed by atoms with Crippen LogP contribution in [0.2, 0.25) is 0 Å². The minimum atomic E-state index is 0.238. The van der Waals surface area contributed by atoms with Crippen molar-refractivity contribution in [1.29, 1.82) is 0 Å². The molecule has 5 heteroatoms. The molecule has 0 amide bonds. The fourth-order valence-electron chi connectivity index (χ4n) is 1.98. The molecule has 0 radical (unpaired) electrons. The van der Waals surface area contributed by atoms with E-state index >= 15 is 0 Å². The number of thiophene rings is 1. The van der Waals surface area contributed by atoms with E-state index in [2.05, 4.69) is 27.0 Å². The number of fused-ring (bicyclic) bond motifs is 1. The topological polar surface area (TPSA) is 42.7 Å². The lowest BCUT2D eigenvalue weighted by Gasteiger charge is -2.21. The molecular weight excluding hydrogens is 208 g/mol. The van der Waals surface area contributed by atoms with Crippen LogP contribution in [-0.4, -0.2) is 21.5 Å². The Morgan fingerprint density at radius 2 is 2.53 bits per heavy atom. The molecule has 1 aliphatic rings. The van der Waals surface area contributed by atoms with E-state index in [9.17, 15) is 0 Å². The summed E-state index contributed by atoms with van der Waals surface area (Å²) in [5.74, 6) is 0. The number of nitrogens with zero attached hydrogens (tertiary/aromatic N) is 3. The van der Waals surface area contributed by atoms with E-state index in [4.69, 9.17) is 0 Å². The van der Waals surface area contributed by atoms with Gasteiger partial charge in [0.05, 0.1) is 12.2 Å². The normalized spacial score (nSPS) is 20.2. The molecule has 0 aromatic carbocycles. The van der Waals surface area contributed by atoms with Gasteiger partial charge >= 0.3 is 0 Å². The van der Waals surface area contributed by atoms with E-state index in [1.807, 2.05) is 13.2 Å². The summed E-state index contributed by atoms with van der Waals surface area (Å²) in [4.78, 5) is 3.00. The first-order valence-corrected chi connectivity index (χ1v) is 5.88. The number of aromatic nitrogens is 3. The molecule has 0 saturated carbocycles. The van der Waals surface area contributed by atoms with Crippen LogP contribution in [0.25, 0.3) is 0 Å². The van der Waals surface area contributed by atoms with Gasteiger partial charge in [-0.1, -0.05) is 0 Å². The van der Waals surface area contributed by atoms with Crippen molar-refractivity contribution in [1.82, 2.24) is 20.3 Å². The van der Waals surface area contributed by atoms with Crippen LogP contribution >= 0.6 is 11.3 Å². The van der Waals surface area contributed by atoms with Crippen molar-refractivity contribution < 1.29 is 0 Å². The van der Waals surface area contributed by atoms with Crippen molar-refractivity contribution in [3.05, 3.63) is 33.8 Å². The first kappa shape index (κ1) is 9.06. The van der Waals surface area contributed by atoms with E-state index < -0.39 is 0 Å². The second-order valence-electron chi connectivity index (χ2n) is 3.71. The maximum Gasteiger partial charge on any atom is 0.105 e. The van der Waals surface area contributed by atoms with Crippen LogP contribution in [0.5, 0.6) is 0 Å². The summed E-state index contributed by atoms with van der Waals surface area (Å²) in [5, 5.41) is 14.1. The number of rotatable bonds is 1. The first-order valence-electron chi connectivity index (χ1n) is 5.00. The Balaban J connectivity index is 2.02. The van der Waals surface area contributed by atoms with Gasteiger partial charge in [0.2, 0.25) is 0 Å². The summed E-state index contributed by atoms with van der Waals surface area (Å²) in [6, 6.07) is 2.45. The monoisotopic (exact) mass is 220 g/mol. The molecule has 0 fully saturated rings. The summed E-state index contributed by atoms with van der Waals surface area (Å²) in [5.41, 5.74) is 2.47. The highest BCUT2D eigenvalue weighted by molar-refractivity contribution is 7.10. The Morgan fingerprint density at radius 3 is 3.33 bits per heavy atom. The molecule has 2 aromatic heterocycles. The third-order valence-corrected chi connectivity index (χ3v) is 3.72. The van der Waals surface area contributed by atoms with Gasteiger partial charge in [0.25, 0.3) is 0 Å². The van der Waals surface area contributed by atoms with Crippen molar-refractivity contribution in [3.63, 3.8) is 0 Å². The summed E-state index contributed by atoms with van der Waals surface area (Å²) in [7, 11) is 1.85. The van der Waals surface area contributed by atoms with Crippen molar-refractivity contribution in [3.8, 4) is 0 Å². The van der Waals surface area contributed by atoms with E-state index in [-0.39, 0.29) is 6.04 Å². The van der Waals surface area contributed by atoms with Gasteiger partial charge in [-0.3, -0.25) is 0 Å². The van der Waals surface area contributed by atoms with E-state index in [0.717, 1.165) is 18.7 Å². The molecule has 0 bridgehead atoms. The lowest BCUT2D eigenvalue weighted by atomic mass is 10.0. The molecule has 0 saturated heterocycles. The predicted molar refractivity (Wildman–Crippen MR) is 58.9 cm³/mol. The van der Waals surface area contributed by atoms with Gasteiger partial charge in [0.1, 0.15) is 5.69 Å². The van der Waals surface area contributed by atoms with Gasteiger partial charge < -0.3 is 5.32 Å². The van der Waals surface area contributed by atoms with Gasteiger partial charge in [-0.15, -0.1) is 11.3 Å². The van der Waals surface area contributed by atoms with Crippen LogP contribution in [0.3, 0.4) is 0 Å². The molecule has 0 aliphatic carbocycles. The van der Waals surface area contributed by atoms with Crippen LogP contribution < -0.4 is 5.32 Å². The van der Waals surface area contributed by atoms with Crippen molar-refractivity contribution in [2.24, 2.45) is 7.05 Å². The molecule has 3 rings (SSSR count). The Hall–Kier alpha value is -1.20. The SMILES string of the molecule is Cn1ncc(C2NCCc3ccsc32)n1. The molecule has 1 atom stereocenters. The van der Waals surface area contributed by atoms with Gasteiger partial charge in [-0.05, 0) is 23.4 Å². The molecule has 78 valence electrons. The fourth-order valence-corrected chi connectivity index (χ4v) is 3.02. The average molecular weight is 220 g/mol. The minimum absolute atomic E-state index is 0.238. The maximum atomic E-state index is 4.36. The lowest BCUT2D eigenvalue weighted by Crippen LogP contribution is -2.29. The Bertz CT molecular complexity index is 473. The molecule has 4 nitrogen and oxygen atoms in total. The Labute approximate surface area is 91.9 Å². The number of nitrogens with one attached hydrogen (secondary N) is 1. The van der Waals surface area contributed by atoms with Crippen LogP contribution in [0.1, 0.15) is 22.2 Å².